The second-order valence-corrected chi connectivity index (χ2v) is 6.64. The fourth-order valence-corrected chi connectivity index (χ4v) is 2.83. The van der Waals surface area contributed by atoms with Gasteiger partial charge >= 0.3 is 0 Å². The van der Waals surface area contributed by atoms with Crippen LogP contribution in [0.5, 0.6) is 0 Å². The lowest BCUT2D eigenvalue weighted by atomic mass is 10.4. The fourth-order valence-electron chi connectivity index (χ4n) is 1.30. The van der Waals surface area contributed by atoms with Crippen LogP contribution in [-0.4, -0.2) is 63.1 Å². The Morgan fingerprint density at radius 3 is 2.12 bits per heavy atom. The first-order valence-electron chi connectivity index (χ1n) is 5.70. The van der Waals surface area contributed by atoms with Crippen molar-refractivity contribution in [2.75, 3.05) is 40.3 Å². The van der Waals surface area contributed by atoms with Gasteiger partial charge in [0.05, 0.1) is 5.25 Å². The second-order valence-electron chi connectivity index (χ2n) is 4.29. The summed E-state index contributed by atoms with van der Waals surface area (Å²) in [6.07, 6.45) is 0.823. The molecule has 0 saturated heterocycles. The molecule has 0 bridgehead atoms. The SMILES string of the molecule is CCCN(CCN(C)C)S(=O)(=O)C(C)CN. The summed E-state index contributed by atoms with van der Waals surface area (Å²) < 4.78 is 25.7. The Balaban J connectivity index is 4.63. The smallest absolute Gasteiger partial charge is 0.217 e. The van der Waals surface area contributed by atoms with Gasteiger partial charge in [-0.25, -0.2) is 12.7 Å². The molecule has 0 rings (SSSR count). The molecule has 0 aliphatic heterocycles. The first-order chi connectivity index (χ1) is 7.36. The highest BCUT2D eigenvalue weighted by Crippen LogP contribution is 2.08. The Labute approximate surface area is 99.6 Å². The van der Waals surface area contributed by atoms with E-state index in [1.54, 1.807) is 11.2 Å². The number of sulfonamides is 1. The molecule has 0 aliphatic rings. The summed E-state index contributed by atoms with van der Waals surface area (Å²) in [7, 11) is 0.640. The second kappa shape index (κ2) is 7.21. The van der Waals surface area contributed by atoms with Gasteiger partial charge in [-0.3, -0.25) is 0 Å². The molecule has 0 aromatic rings. The molecule has 0 fully saturated rings. The predicted octanol–water partition coefficient (Wildman–Crippen LogP) is -0.0630. The zero-order valence-electron chi connectivity index (χ0n) is 10.8. The number of likely N-dealkylation sites (N-methyl/N-ethyl adjacent to an activating group) is 1. The van der Waals surface area contributed by atoms with Gasteiger partial charge in [-0.1, -0.05) is 6.92 Å². The summed E-state index contributed by atoms with van der Waals surface area (Å²) >= 11 is 0. The molecule has 2 N–H and O–H groups in total. The molecule has 1 atom stereocenters. The number of nitrogens with two attached hydrogens (primary N) is 1. The quantitative estimate of drug-likeness (QED) is 0.656. The summed E-state index contributed by atoms with van der Waals surface area (Å²) in [6, 6.07) is 0. The lowest BCUT2D eigenvalue weighted by molar-refractivity contribution is 0.331. The molecule has 5 nitrogen and oxygen atoms in total. The van der Waals surface area contributed by atoms with E-state index in [0.717, 1.165) is 13.0 Å². The van der Waals surface area contributed by atoms with Gasteiger partial charge in [-0.05, 0) is 27.4 Å². The van der Waals surface area contributed by atoms with Crippen molar-refractivity contribution in [3.8, 4) is 0 Å². The molecule has 0 aromatic carbocycles. The molecule has 6 heteroatoms. The summed E-state index contributed by atoms with van der Waals surface area (Å²) in [5, 5.41) is -0.499. The maximum absolute atomic E-state index is 12.1. The van der Waals surface area contributed by atoms with E-state index in [1.807, 2.05) is 25.9 Å². The Kier molecular flexibility index (Phi) is 7.14. The zero-order chi connectivity index (χ0) is 12.8. The van der Waals surface area contributed by atoms with Crippen LogP contribution in [0, 0.1) is 0 Å². The van der Waals surface area contributed by atoms with Crippen LogP contribution in [0.4, 0.5) is 0 Å². The van der Waals surface area contributed by atoms with Gasteiger partial charge in [0.25, 0.3) is 0 Å². The van der Waals surface area contributed by atoms with Gasteiger partial charge in [0.2, 0.25) is 10.0 Å². The minimum absolute atomic E-state index is 0.171. The highest BCUT2D eigenvalue weighted by atomic mass is 32.2. The van der Waals surface area contributed by atoms with Crippen molar-refractivity contribution < 1.29 is 8.42 Å². The molecular formula is C10H25N3O2S. The van der Waals surface area contributed by atoms with E-state index in [2.05, 4.69) is 0 Å². The van der Waals surface area contributed by atoms with Crippen LogP contribution in [0.2, 0.25) is 0 Å². The van der Waals surface area contributed by atoms with Gasteiger partial charge in [0.1, 0.15) is 0 Å². The fraction of sp³-hybridized carbons (Fsp3) is 1.00. The predicted molar refractivity (Wildman–Crippen MR) is 67.9 cm³/mol. The molecular weight excluding hydrogens is 226 g/mol. The molecule has 0 radical (unpaired) electrons. The van der Waals surface area contributed by atoms with Gasteiger partial charge in [-0.15, -0.1) is 0 Å². The van der Waals surface area contributed by atoms with Crippen LogP contribution in [0.25, 0.3) is 0 Å². The lowest BCUT2D eigenvalue weighted by Gasteiger charge is -2.26. The third-order valence-electron chi connectivity index (χ3n) is 2.47. The molecule has 98 valence electrons. The van der Waals surface area contributed by atoms with E-state index in [4.69, 9.17) is 5.73 Å². The molecule has 0 spiro atoms. The van der Waals surface area contributed by atoms with Crippen molar-refractivity contribution in [1.82, 2.24) is 9.21 Å². The van der Waals surface area contributed by atoms with Crippen LogP contribution in [0.1, 0.15) is 20.3 Å². The summed E-state index contributed by atoms with van der Waals surface area (Å²) in [6.45, 7) is 5.65. The van der Waals surface area contributed by atoms with Crippen LogP contribution < -0.4 is 5.73 Å². The molecule has 0 heterocycles. The van der Waals surface area contributed by atoms with E-state index in [0.29, 0.717) is 13.1 Å². The van der Waals surface area contributed by atoms with Gasteiger partial charge < -0.3 is 10.6 Å². The Morgan fingerprint density at radius 2 is 1.75 bits per heavy atom. The Hall–Kier alpha value is -0.170. The summed E-state index contributed by atoms with van der Waals surface area (Å²) in [5.41, 5.74) is 5.43. The van der Waals surface area contributed by atoms with Gasteiger partial charge in [0.15, 0.2) is 0 Å². The Morgan fingerprint density at radius 1 is 1.19 bits per heavy atom. The van der Waals surface area contributed by atoms with E-state index in [1.165, 1.54) is 0 Å². The minimum Gasteiger partial charge on any atom is -0.329 e. The van der Waals surface area contributed by atoms with Crippen LogP contribution in [0.3, 0.4) is 0 Å². The van der Waals surface area contributed by atoms with Crippen LogP contribution in [-0.2, 0) is 10.0 Å². The monoisotopic (exact) mass is 251 g/mol. The molecule has 1 unspecified atom stereocenters. The van der Waals surface area contributed by atoms with Crippen molar-refractivity contribution in [2.24, 2.45) is 5.73 Å². The molecule has 0 aromatic heterocycles. The highest BCUT2D eigenvalue weighted by Gasteiger charge is 2.26. The number of rotatable bonds is 8. The zero-order valence-corrected chi connectivity index (χ0v) is 11.6. The van der Waals surface area contributed by atoms with E-state index < -0.39 is 15.3 Å². The third-order valence-corrected chi connectivity index (χ3v) is 4.76. The van der Waals surface area contributed by atoms with E-state index in [-0.39, 0.29) is 6.54 Å². The standard InChI is InChI=1S/C10H25N3O2S/c1-5-6-13(8-7-12(3)4)16(14,15)10(2)9-11/h10H,5-9,11H2,1-4H3. The molecule has 0 amide bonds. The molecule has 0 saturated carbocycles. The highest BCUT2D eigenvalue weighted by molar-refractivity contribution is 7.89. The van der Waals surface area contributed by atoms with Crippen molar-refractivity contribution in [1.29, 1.82) is 0 Å². The average Bonchev–Trinajstić information content (AvgIpc) is 2.22. The molecule has 16 heavy (non-hydrogen) atoms. The van der Waals surface area contributed by atoms with Gasteiger partial charge in [-0.2, -0.15) is 0 Å². The first-order valence-corrected chi connectivity index (χ1v) is 7.20. The normalized spacial score (nSPS) is 14.7. The van der Waals surface area contributed by atoms with Crippen LogP contribution in [0.15, 0.2) is 0 Å². The summed E-state index contributed by atoms with van der Waals surface area (Å²) in [4.78, 5) is 1.98. The van der Waals surface area contributed by atoms with Crippen molar-refractivity contribution in [3.63, 3.8) is 0 Å². The van der Waals surface area contributed by atoms with Gasteiger partial charge in [0, 0.05) is 26.2 Å². The number of nitrogens with zero attached hydrogens (tertiary/aromatic N) is 2. The third kappa shape index (κ3) is 4.78. The van der Waals surface area contributed by atoms with Crippen molar-refractivity contribution in [2.45, 2.75) is 25.5 Å². The average molecular weight is 251 g/mol. The van der Waals surface area contributed by atoms with E-state index >= 15 is 0 Å². The van der Waals surface area contributed by atoms with E-state index in [9.17, 15) is 8.42 Å². The Bertz CT molecular complexity index is 278. The maximum Gasteiger partial charge on any atom is 0.217 e. The van der Waals surface area contributed by atoms with Crippen molar-refractivity contribution >= 4 is 10.0 Å². The summed E-state index contributed by atoms with van der Waals surface area (Å²) in [5.74, 6) is 0. The first kappa shape index (κ1) is 15.8. The minimum atomic E-state index is -3.23. The maximum atomic E-state index is 12.1. The topological polar surface area (TPSA) is 66.6 Å². The lowest BCUT2D eigenvalue weighted by Crippen LogP contribution is -2.43. The van der Waals surface area contributed by atoms with Crippen molar-refractivity contribution in [3.05, 3.63) is 0 Å². The number of hydrogen-bond donors (Lipinski definition) is 1. The van der Waals surface area contributed by atoms with Crippen LogP contribution >= 0.6 is 0 Å². The molecule has 0 aliphatic carbocycles. The number of hydrogen-bond acceptors (Lipinski definition) is 4. The largest absolute Gasteiger partial charge is 0.329 e.